The second kappa shape index (κ2) is 11.6. The van der Waals surface area contributed by atoms with E-state index in [1.54, 1.807) is 6.07 Å². The Bertz CT molecular complexity index is 1200. The molecule has 2 aliphatic heterocycles. The lowest BCUT2D eigenvalue weighted by atomic mass is 9.86. The van der Waals surface area contributed by atoms with Crippen molar-refractivity contribution in [1.29, 1.82) is 5.26 Å². The van der Waals surface area contributed by atoms with Gasteiger partial charge in [0.2, 0.25) is 0 Å². The molecule has 4 rings (SSSR count). The van der Waals surface area contributed by atoms with E-state index in [2.05, 4.69) is 16.3 Å². The summed E-state index contributed by atoms with van der Waals surface area (Å²) >= 11 is 0. The SMILES string of the molecule is N#Cc1cc(F)ccc1C1CCN(CCCNC(=O)N2C(=O)O[C@@H](CO)[C@@H]2c2ccc(F)c(F)c2)CC1. The first-order chi connectivity index (χ1) is 17.8. The third kappa shape index (κ3) is 5.87. The van der Waals surface area contributed by atoms with Crippen LogP contribution in [0.1, 0.15) is 47.9 Å². The van der Waals surface area contributed by atoms with Crippen molar-refractivity contribution < 1.29 is 32.6 Å². The molecular formula is C26H27F3N4O4. The van der Waals surface area contributed by atoms with Crippen LogP contribution in [0, 0.1) is 28.8 Å². The molecule has 0 radical (unpaired) electrons. The van der Waals surface area contributed by atoms with Crippen molar-refractivity contribution in [3.63, 3.8) is 0 Å². The molecule has 2 aliphatic rings. The van der Waals surface area contributed by atoms with Crippen LogP contribution < -0.4 is 5.32 Å². The predicted octanol–water partition coefficient (Wildman–Crippen LogP) is 3.81. The van der Waals surface area contributed by atoms with Crippen LogP contribution in [0.25, 0.3) is 0 Å². The van der Waals surface area contributed by atoms with Crippen molar-refractivity contribution in [3.8, 4) is 6.07 Å². The Morgan fingerprint density at radius 1 is 1.14 bits per heavy atom. The van der Waals surface area contributed by atoms with E-state index in [4.69, 9.17) is 4.74 Å². The van der Waals surface area contributed by atoms with E-state index in [0.29, 0.717) is 18.5 Å². The predicted molar refractivity (Wildman–Crippen MR) is 126 cm³/mol. The van der Waals surface area contributed by atoms with Gasteiger partial charge in [0.05, 0.1) is 18.2 Å². The Balaban J connectivity index is 1.27. The third-order valence-electron chi connectivity index (χ3n) is 6.85. The van der Waals surface area contributed by atoms with E-state index in [-0.39, 0.29) is 18.0 Å². The fourth-order valence-corrected chi connectivity index (χ4v) is 4.97. The zero-order valence-corrected chi connectivity index (χ0v) is 20.0. The number of urea groups is 1. The minimum Gasteiger partial charge on any atom is -0.441 e. The van der Waals surface area contributed by atoms with Gasteiger partial charge in [0.25, 0.3) is 0 Å². The summed E-state index contributed by atoms with van der Waals surface area (Å²) in [5.74, 6) is -2.45. The summed E-state index contributed by atoms with van der Waals surface area (Å²) in [6.45, 7) is 1.93. The number of amides is 3. The number of halogens is 3. The summed E-state index contributed by atoms with van der Waals surface area (Å²) in [5, 5.41) is 21.6. The highest BCUT2D eigenvalue weighted by atomic mass is 19.2. The summed E-state index contributed by atoms with van der Waals surface area (Å²) in [7, 11) is 0. The first-order valence-corrected chi connectivity index (χ1v) is 12.1. The van der Waals surface area contributed by atoms with Crippen molar-refractivity contribution in [1.82, 2.24) is 15.1 Å². The maximum atomic E-state index is 13.8. The Hall–Kier alpha value is -3.62. The first-order valence-electron chi connectivity index (χ1n) is 12.1. The quantitative estimate of drug-likeness (QED) is 0.543. The summed E-state index contributed by atoms with van der Waals surface area (Å²) in [6.07, 6.45) is 0.159. The topological polar surface area (TPSA) is 106 Å². The van der Waals surface area contributed by atoms with Crippen molar-refractivity contribution >= 4 is 12.1 Å². The molecule has 0 aliphatic carbocycles. The van der Waals surface area contributed by atoms with Crippen LogP contribution in [0.3, 0.4) is 0 Å². The Morgan fingerprint density at radius 3 is 2.57 bits per heavy atom. The normalized spacial score (nSPS) is 20.5. The van der Waals surface area contributed by atoms with Crippen LogP contribution in [0.2, 0.25) is 0 Å². The number of hydrogen-bond acceptors (Lipinski definition) is 6. The van der Waals surface area contributed by atoms with Gasteiger partial charge in [-0.25, -0.2) is 27.7 Å². The first kappa shape index (κ1) is 26.4. The van der Waals surface area contributed by atoms with Crippen LogP contribution in [-0.4, -0.2) is 65.9 Å². The van der Waals surface area contributed by atoms with Gasteiger partial charge in [-0.1, -0.05) is 12.1 Å². The van der Waals surface area contributed by atoms with E-state index in [0.717, 1.165) is 48.5 Å². The summed E-state index contributed by atoms with van der Waals surface area (Å²) in [4.78, 5) is 28.1. The standard InChI is InChI=1S/C26H27F3N4O4/c27-19-3-4-20(18(12-19)14-30)16-6-10-32(11-7-16)9-1-8-31-25(35)33-24(23(15-34)37-26(33)36)17-2-5-21(28)22(29)13-17/h2-5,12-13,16,23-24,34H,1,6-11,15H2,(H,31,35)/t23-,24-/m0/s1. The lowest BCUT2D eigenvalue weighted by Gasteiger charge is -2.32. The van der Waals surface area contributed by atoms with E-state index in [1.165, 1.54) is 18.2 Å². The van der Waals surface area contributed by atoms with Gasteiger partial charge in [0.15, 0.2) is 17.7 Å². The lowest BCUT2D eigenvalue weighted by Crippen LogP contribution is -2.44. The molecule has 2 aromatic rings. The minimum atomic E-state index is -1.14. The molecule has 8 nitrogen and oxygen atoms in total. The number of nitriles is 1. The Morgan fingerprint density at radius 2 is 1.89 bits per heavy atom. The summed E-state index contributed by atoms with van der Waals surface area (Å²) in [5.41, 5.74) is 1.36. The summed E-state index contributed by atoms with van der Waals surface area (Å²) < 4.78 is 45.6. The maximum Gasteiger partial charge on any atom is 0.419 e. The molecule has 0 aromatic heterocycles. The van der Waals surface area contributed by atoms with Gasteiger partial charge in [-0.3, -0.25) is 0 Å². The molecule has 2 fully saturated rings. The van der Waals surface area contributed by atoms with E-state index >= 15 is 0 Å². The van der Waals surface area contributed by atoms with Crippen LogP contribution in [0.15, 0.2) is 36.4 Å². The number of rotatable bonds is 7. The fourth-order valence-electron chi connectivity index (χ4n) is 4.97. The van der Waals surface area contributed by atoms with Crippen LogP contribution in [0.4, 0.5) is 22.8 Å². The van der Waals surface area contributed by atoms with Gasteiger partial charge >= 0.3 is 12.1 Å². The number of imide groups is 1. The highest BCUT2D eigenvalue weighted by Crippen LogP contribution is 2.34. The molecular weight excluding hydrogens is 489 g/mol. The number of likely N-dealkylation sites (tertiary alicyclic amines) is 1. The van der Waals surface area contributed by atoms with Gasteiger partial charge < -0.3 is 20.1 Å². The molecule has 2 saturated heterocycles. The minimum absolute atomic E-state index is 0.127. The molecule has 0 saturated carbocycles. The second-order valence-electron chi connectivity index (χ2n) is 9.14. The molecule has 0 spiro atoms. The molecule has 196 valence electrons. The average Bonchev–Trinajstić information content (AvgIpc) is 3.24. The van der Waals surface area contributed by atoms with Gasteiger partial charge in [-0.2, -0.15) is 5.26 Å². The maximum absolute atomic E-state index is 13.8. The molecule has 2 aromatic carbocycles. The van der Waals surface area contributed by atoms with Crippen LogP contribution >= 0.6 is 0 Å². The number of nitrogens with one attached hydrogen (secondary N) is 1. The number of hydrogen-bond donors (Lipinski definition) is 2. The highest BCUT2D eigenvalue weighted by Gasteiger charge is 2.46. The van der Waals surface area contributed by atoms with Crippen molar-refractivity contribution in [3.05, 3.63) is 70.5 Å². The Labute approximate surface area is 212 Å². The van der Waals surface area contributed by atoms with Gasteiger partial charge in [-0.05, 0) is 80.2 Å². The molecule has 0 bridgehead atoms. The van der Waals surface area contributed by atoms with E-state index in [1.807, 2.05) is 0 Å². The number of ether oxygens (including phenoxy) is 1. The van der Waals surface area contributed by atoms with Crippen molar-refractivity contribution in [2.45, 2.75) is 37.3 Å². The number of carbonyl (C=O) groups excluding carboxylic acids is 2. The molecule has 37 heavy (non-hydrogen) atoms. The van der Waals surface area contributed by atoms with Crippen molar-refractivity contribution in [2.75, 3.05) is 32.8 Å². The van der Waals surface area contributed by atoms with E-state index < -0.39 is 48.3 Å². The monoisotopic (exact) mass is 516 g/mol. The van der Waals surface area contributed by atoms with Crippen LogP contribution in [0.5, 0.6) is 0 Å². The van der Waals surface area contributed by atoms with Gasteiger partial charge in [0, 0.05) is 6.54 Å². The lowest BCUT2D eigenvalue weighted by molar-refractivity contribution is 0.0827. The zero-order valence-electron chi connectivity index (χ0n) is 20.0. The van der Waals surface area contributed by atoms with Gasteiger partial charge in [-0.15, -0.1) is 0 Å². The van der Waals surface area contributed by atoms with Crippen LogP contribution in [-0.2, 0) is 4.74 Å². The number of aliphatic hydroxyl groups is 1. The molecule has 0 unspecified atom stereocenters. The zero-order chi connectivity index (χ0) is 26.5. The molecule has 2 atom stereocenters. The second-order valence-corrected chi connectivity index (χ2v) is 9.14. The summed E-state index contributed by atoms with van der Waals surface area (Å²) in [6, 6.07) is 7.54. The number of aliphatic hydroxyl groups excluding tert-OH is 1. The number of benzene rings is 2. The average molecular weight is 517 g/mol. The van der Waals surface area contributed by atoms with Crippen molar-refractivity contribution in [2.24, 2.45) is 0 Å². The highest BCUT2D eigenvalue weighted by molar-refractivity contribution is 5.93. The van der Waals surface area contributed by atoms with E-state index in [9.17, 15) is 33.1 Å². The fraction of sp³-hybridized carbons (Fsp3) is 0.423. The number of nitrogens with zero attached hydrogens (tertiary/aromatic N) is 3. The van der Waals surface area contributed by atoms with Gasteiger partial charge in [0.1, 0.15) is 11.9 Å². The molecule has 2 heterocycles. The number of cyclic esters (lactones) is 1. The molecule has 3 amide bonds. The number of piperidine rings is 1. The largest absolute Gasteiger partial charge is 0.441 e. The molecule has 2 N–H and O–H groups in total. The Kier molecular flexibility index (Phi) is 8.31. The third-order valence-corrected chi connectivity index (χ3v) is 6.85. The smallest absolute Gasteiger partial charge is 0.419 e. The number of carbonyl (C=O) groups is 2. The molecule has 11 heteroatoms.